The number of amides is 1. The number of halogens is 1. The molecule has 2 aromatic rings. The van der Waals surface area contributed by atoms with Crippen LogP contribution in [0.4, 0.5) is 10.1 Å². The molecule has 1 amide bonds. The van der Waals surface area contributed by atoms with Crippen LogP contribution in [0, 0.1) is 5.82 Å². The number of carbonyl (C=O) groups is 2. The minimum Gasteiger partial charge on any atom is -0.452 e. The third-order valence-corrected chi connectivity index (χ3v) is 6.63. The summed E-state index contributed by atoms with van der Waals surface area (Å²) >= 11 is 3.78. The van der Waals surface area contributed by atoms with E-state index >= 15 is 0 Å². The highest BCUT2D eigenvalue weighted by Gasteiger charge is 2.19. The van der Waals surface area contributed by atoms with Crippen LogP contribution >= 0.6 is 23.5 Å². The van der Waals surface area contributed by atoms with Crippen molar-refractivity contribution < 1.29 is 18.7 Å². The highest BCUT2D eigenvalue weighted by atomic mass is 32.2. The Kier molecular flexibility index (Phi) is 5.99. The molecule has 4 nitrogen and oxygen atoms in total. The summed E-state index contributed by atoms with van der Waals surface area (Å²) in [5, 5.41) is 2.37. The number of thioether (sulfide) groups is 2. The lowest BCUT2D eigenvalue weighted by Gasteiger charge is -2.10. The summed E-state index contributed by atoms with van der Waals surface area (Å²) in [5.74, 6) is 0.558. The number of hydrogen-bond acceptors (Lipinski definition) is 5. The van der Waals surface area contributed by atoms with Gasteiger partial charge in [-0.25, -0.2) is 9.18 Å². The first-order valence-corrected chi connectivity index (χ1v) is 9.78. The van der Waals surface area contributed by atoms with Crippen molar-refractivity contribution in [3.8, 4) is 0 Å². The lowest BCUT2D eigenvalue weighted by molar-refractivity contribution is -0.119. The van der Waals surface area contributed by atoms with Crippen LogP contribution in [-0.2, 0) is 9.53 Å². The van der Waals surface area contributed by atoms with E-state index in [1.807, 2.05) is 35.7 Å². The molecule has 1 fully saturated rings. The second kappa shape index (κ2) is 8.40. The van der Waals surface area contributed by atoms with Gasteiger partial charge in [-0.05, 0) is 29.8 Å². The summed E-state index contributed by atoms with van der Waals surface area (Å²) in [6.45, 7) is -0.469. The molecule has 25 heavy (non-hydrogen) atoms. The Hall–Kier alpha value is -1.99. The standard InChI is InChI=1S/C18H16FNO3S2/c19-14-3-1-2-4-15(14)20-16(21)11-23-17(22)12-5-7-13(8-6-12)18-24-9-10-25-18/h1-8,18H,9-11H2,(H,20,21). The van der Waals surface area contributed by atoms with Gasteiger partial charge in [-0.1, -0.05) is 24.3 Å². The molecule has 0 spiro atoms. The van der Waals surface area contributed by atoms with Crippen molar-refractivity contribution in [2.45, 2.75) is 4.58 Å². The fourth-order valence-electron chi connectivity index (χ4n) is 2.29. The first-order valence-electron chi connectivity index (χ1n) is 7.68. The van der Waals surface area contributed by atoms with Gasteiger partial charge in [0.2, 0.25) is 0 Å². The van der Waals surface area contributed by atoms with Crippen molar-refractivity contribution in [1.82, 2.24) is 0 Å². The SMILES string of the molecule is O=C(COC(=O)c1ccc(C2SCCS2)cc1)Nc1ccccc1F. The highest BCUT2D eigenvalue weighted by Crippen LogP contribution is 2.45. The average molecular weight is 377 g/mol. The van der Waals surface area contributed by atoms with Gasteiger partial charge in [0, 0.05) is 11.5 Å². The topological polar surface area (TPSA) is 55.4 Å². The van der Waals surface area contributed by atoms with Crippen molar-refractivity contribution in [3.63, 3.8) is 0 Å². The van der Waals surface area contributed by atoms with Gasteiger partial charge < -0.3 is 10.1 Å². The summed E-state index contributed by atoms with van der Waals surface area (Å²) in [6, 6.07) is 13.0. The maximum Gasteiger partial charge on any atom is 0.338 e. The molecule has 130 valence electrons. The third-order valence-electron chi connectivity index (χ3n) is 3.52. The van der Waals surface area contributed by atoms with Crippen molar-refractivity contribution >= 4 is 41.1 Å². The largest absolute Gasteiger partial charge is 0.452 e. The summed E-state index contributed by atoms with van der Waals surface area (Å²) in [4.78, 5) is 23.8. The number of nitrogens with one attached hydrogen (secondary N) is 1. The maximum absolute atomic E-state index is 13.5. The molecule has 0 aromatic heterocycles. The smallest absolute Gasteiger partial charge is 0.338 e. The van der Waals surface area contributed by atoms with Gasteiger partial charge in [-0.15, -0.1) is 23.5 Å². The van der Waals surface area contributed by atoms with Crippen LogP contribution in [0.1, 0.15) is 20.5 Å². The van der Waals surface area contributed by atoms with Gasteiger partial charge >= 0.3 is 5.97 Å². The number of rotatable bonds is 5. The van der Waals surface area contributed by atoms with Crippen LogP contribution in [0.25, 0.3) is 0 Å². The van der Waals surface area contributed by atoms with Crippen LogP contribution in [0.5, 0.6) is 0 Å². The lowest BCUT2D eigenvalue weighted by Crippen LogP contribution is -2.21. The Labute approximate surface area is 153 Å². The Morgan fingerprint density at radius 3 is 2.44 bits per heavy atom. The molecule has 0 bridgehead atoms. The molecular weight excluding hydrogens is 361 g/mol. The fourth-order valence-corrected chi connectivity index (χ4v) is 5.15. The normalized spacial score (nSPS) is 14.3. The minimum absolute atomic E-state index is 0.0551. The Bertz CT molecular complexity index is 761. The van der Waals surface area contributed by atoms with E-state index < -0.39 is 24.3 Å². The van der Waals surface area contributed by atoms with Crippen molar-refractivity contribution in [2.75, 3.05) is 23.4 Å². The van der Waals surface area contributed by atoms with E-state index in [0.29, 0.717) is 10.1 Å². The number of esters is 1. The van der Waals surface area contributed by atoms with Gasteiger partial charge in [0.15, 0.2) is 6.61 Å². The number of anilines is 1. The Morgan fingerprint density at radius 2 is 1.76 bits per heavy atom. The zero-order chi connectivity index (χ0) is 17.6. The van der Waals surface area contributed by atoms with Crippen LogP contribution in [-0.4, -0.2) is 30.0 Å². The molecule has 2 aromatic carbocycles. The maximum atomic E-state index is 13.5. The quantitative estimate of drug-likeness (QED) is 0.795. The molecule has 0 radical (unpaired) electrons. The van der Waals surface area contributed by atoms with E-state index in [4.69, 9.17) is 4.74 Å². The van der Waals surface area contributed by atoms with E-state index in [1.165, 1.54) is 23.8 Å². The zero-order valence-electron chi connectivity index (χ0n) is 13.2. The Balaban J connectivity index is 1.51. The van der Waals surface area contributed by atoms with Crippen molar-refractivity contribution in [2.24, 2.45) is 0 Å². The molecular formula is C18H16FNO3S2. The van der Waals surface area contributed by atoms with Crippen LogP contribution in [0.3, 0.4) is 0 Å². The number of benzene rings is 2. The van der Waals surface area contributed by atoms with E-state index in [2.05, 4.69) is 5.32 Å². The van der Waals surface area contributed by atoms with Gasteiger partial charge in [0.05, 0.1) is 15.8 Å². The van der Waals surface area contributed by atoms with Crippen LogP contribution in [0.15, 0.2) is 48.5 Å². The monoisotopic (exact) mass is 377 g/mol. The van der Waals surface area contributed by atoms with Gasteiger partial charge in [0.1, 0.15) is 5.82 Å². The second-order valence-corrected chi connectivity index (χ2v) is 8.02. The molecule has 7 heteroatoms. The lowest BCUT2D eigenvalue weighted by atomic mass is 10.1. The predicted octanol–water partition coefficient (Wildman–Crippen LogP) is 4.10. The van der Waals surface area contributed by atoms with Gasteiger partial charge in [0.25, 0.3) is 5.91 Å². The molecule has 1 aliphatic heterocycles. The number of carbonyl (C=O) groups excluding carboxylic acids is 2. The molecule has 1 heterocycles. The van der Waals surface area contributed by atoms with Gasteiger partial charge in [-0.2, -0.15) is 0 Å². The molecule has 1 N–H and O–H groups in total. The molecule has 1 saturated heterocycles. The van der Waals surface area contributed by atoms with Crippen LogP contribution in [0.2, 0.25) is 0 Å². The molecule has 0 saturated carbocycles. The molecule has 1 aliphatic rings. The summed E-state index contributed by atoms with van der Waals surface area (Å²) in [6.07, 6.45) is 0. The van der Waals surface area contributed by atoms with E-state index in [1.54, 1.807) is 18.2 Å². The molecule has 0 atom stereocenters. The molecule has 3 rings (SSSR count). The number of para-hydroxylation sites is 1. The van der Waals surface area contributed by atoms with E-state index in [0.717, 1.165) is 11.5 Å². The molecule has 0 unspecified atom stereocenters. The minimum atomic E-state index is -0.589. The summed E-state index contributed by atoms with van der Waals surface area (Å²) in [5.41, 5.74) is 1.61. The number of hydrogen-bond donors (Lipinski definition) is 1. The van der Waals surface area contributed by atoms with E-state index in [9.17, 15) is 14.0 Å². The Morgan fingerprint density at radius 1 is 1.08 bits per heavy atom. The highest BCUT2D eigenvalue weighted by molar-refractivity contribution is 8.19. The zero-order valence-corrected chi connectivity index (χ0v) is 14.9. The summed E-state index contributed by atoms with van der Waals surface area (Å²) in [7, 11) is 0. The third kappa shape index (κ3) is 4.76. The first kappa shape index (κ1) is 17.8. The fraction of sp³-hybridized carbons (Fsp3) is 0.222. The van der Waals surface area contributed by atoms with Crippen molar-refractivity contribution in [3.05, 3.63) is 65.5 Å². The second-order valence-electron chi connectivity index (χ2n) is 5.30. The predicted molar refractivity (Wildman–Crippen MR) is 99.4 cm³/mol. The van der Waals surface area contributed by atoms with Gasteiger partial charge in [-0.3, -0.25) is 4.79 Å². The summed E-state index contributed by atoms with van der Waals surface area (Å²) < 4.78 is 18.9. The van der Waals surface area contributed by atoms with E-state index in [-0.39, 0.29) is 5.69 Å². The first-order chi connectivity index (χ1) is 12.1. The average Bonchev–Trinajstić information content (AvgIpc) is 3.16. The number of ether oxygens (including phenoxy) is 1. The molecule has 0 aliphatic carbocycles. The van der Waals surface area contributed by atoms with Crippen molar-refractivity contribution in [1.29, 1.82) is 0 Å². The van der Waals surface area contributed by atoms with Crippen LogP contribution < -0.4 is 5.32 Å².